The first-order valence-electron chi connectivity index (χ1n) is 6.36. The van der Waals surface area contributed by atoms with E-state index in [0.717, 1.165) is 4.88 Å². The third kappa shape index (κ3) is 3.28. The van der Waals surface area contributed by atoms with Gasteiger partial charge in [-0.25, -0.2) is 9.18 Å². The third-order valence-corrected chi connectivity index (χ3v) is 4.22. The summed E-state index contributed by atoms with van der Waals surface area (Å²) in [6.07, 6.45) is 0.691. The van der Waals surface area contributed by atoms with Gasteiger partial charge < -0.3 is 10.4 Å². The average molecular weight is 307 g/mol. The fraction of sp³-hybridized carbons (Fsp3) is 0.200. The molecule has 0 saturated carbocycles. The first kappa shape index (κ1) is 15.2. The predicted octanol–water partition coefficient (Wildman–Crippen LogP) is 3.71. The van der Waals surface area contributed by atoms with Crippen molar-refractivity contribution in [2.75, 3.05) is 5.32 Å². The molecule has 0 saturated heterocycles. The summed E-state index contributed by atoms with van der Waals surface area (Å²) in [6.45, 7) is 3.54. The molecular formula is C15H14FNO3S. The molecule has 0 aliphatic heterocycles. The summed E-state index contributed by atoms with van der Waals surface area (Å²) in [4.78, 5) is 24.3. The summed E-state index contributed by atoms with van der Waals surface area (Å²) in [5, 5.41) is 12.1. The number of aryl methyl sites for hydroxylation is 2. The van der Waals surface area contributed by atoms with Crippen LogP contribution in [0.15, 0.2) is 24.3 Å². The van der Waals surface area contributed by atoms with Gasteiger partial charge in [0.1, 0.15) is 10.8 Å². The van der Waals surface area contributed by atoms with Gasteiger partial charge in [-0.1, -0.05) is 6.92 Å². The van der Waals surface area contributed by atoms with E-state index in [2.05, 4.69) is 5.32 Å². The number of carbonyl (C=O) groups is 2. The van der Waals surface area contributed by atoms with Gasteiger partial charge in [-0.3, -0.25) is 4.79 Å². The monoisotopic (exact) mass is 307 g/mol. The molecule has 6 heteroatoms. The van der Waals surface area contributed by atoms with E-state index in [0.29, 0.717) is 22.5 Å². The molecule has 2 rings (SSSR count). The zero-order chi connectivity index (χ0) is 15.6. The molecule has 0 atom stereocenters. The van der Waals surface area contributed by atoms with Crippen LogP contribution in [0.1, 0.15) is 38.1 Å². The van der Waals surface area contributed by atoms with E-state index >= 15 is 0 Å². The Kier molecular flexibility index (Phi) is 4.37. The summed E-state index contributed by atoms with van der Waals surface area (Å²) < 4.78 is 13.0. The van der Waals surface area contributed by atoms with Crippen molar-refractivity contribution in [1.29, 1.82) is 0 Å². The standard InChI is InChI=1S/C15H14FNO3S/c1-3-10-7-12(15(19)20)14(21-10)17-13(18)11-5-4-9(16)6-8(11)2/h4-7H,3H2,1-2H3,(H,17,18)(H,19,20). The zero-order valence-electron chi connectivity index (χ0n) is 11.6. The molecule has 0 bridgehead atoms. The molecule has 0 spiro atoms. The number of amides is 1. The van der Waals surface area contributed by atoms with Gasteiger partial charge in [-0.15, -0.1) is 11.3 Å². The zero-order valence-corrected chi connectivity index (χ0v) is 12.4. The lowest BCUT2D eigenvalue weighted by molar-refractivity contribution is 0.0698. The van der Waals surface area contributed by atoms with E-state index < -0.39 is 17.7 Å². The first-order chi connectivity index (χ1) is 9.92. The molecule has 1 heterocycles. The van der Waals surface area contributed by atoms with Gasteiger partial charge in [0.05, 0.1) is 5.56 Å². The van der Waals surface area contributed by atoms with Gasteiger partial charge in [0.25, 0.3) is 5.91 Å². The molecule has 2 aromatic rings. The number of carboxylic acids is 1. The summed E-state index contributed by atoms with van der Waals surface area (Å²) in [7, 11) is 0. The molecular weight excluding hydrogens is 293 g/mol. The van der Waals surface area contributed by atoms with Gasteiger partial charge in [0.2, 0.25) is 0 Å². The first-order valence-corrected chi connectivity index (χ1v) is 7.17. The van der Waals surface area contributed by atoms with Crippen molar-refractivity contribution in [2.24, 2.45) is 0 Å². The lowest BCUT2D eigenvalue weighted by atomic mass is 10.1. The van der Waals surface area contributed by atoms with Crippen LogP contribution >= 0.6 is 11.3 Å². The smallest absolute Gasteiger partial charge is 0.338 e. The van der Waals surface area contributed by atoms with Crippen molar-refractivity contribution in [3.8, 4) is 0 Å². The molecule has 1 amide bonds. The van der Waals surface area contributed by atoms with E-state index in [1.165, 1.54) is 29.5 Å². The van der Waals surface area contributed by atoms with Crippen molar-refractivity contribution in [3.63, 3.8) is 0 Å². The lowest BCUT2D eigenvalue weighted by Gasteiger charge is -2.07. The maximum absolute atomic E-state index is 13.0. The second-order valence-electron chi connectivity index (χ2n) is 4.53. The molecule has 0 radical (unpaired) electrons. The van der Waals surface area contributed by atoms with E-state index in [9.17, 15) is 14.0 Å². The Morgan fingerprint density at radius 2 is 2.00 bits per heavy atom. The summed E-state index contributed by atoms with van der Waals surface area (Å²) >= 11 is 1.23. The Hall–Kier alpha value is -2.21. The van der Waals surface area contributed by atoms with Crippen LogP contribution in [0.3, 0.4) is 0 Å². The van der Waals surface area contributed by atoms with Crippen LogP contribution in [0, 0.1) is 12.7 Å². The summed E-state index contributed by atoms with van der Waals surface area (Å²) in [6, 6.07) is 5.40. The van der Waals surface area contributed by atoms with Crippen molar-refractivity contribution in [3.05, 3.63) is 51.7 Å². The van der Waals surface area contributed by atoms with Gasteiger partial charge in [0, 0.05) is 10.4 Å². The number of benzene rings is 1. The van der Waals surface area contributed by atoms with E-state index in [4.69, 9.17) is 5.11 Å². The van der Waals surface area contributed by atoms with E-state index in [-0.39, 0.29) is 5.56 Å². The number of hydrogen-bond donors (Lipinski definition) is 2. The molecule has 4 nitrogen and oxygen atoms in total. The maximum atomic E-state index is 13.0. The van der Waals surface area contributed by atoms with Crippen molar-refractivity contribution in [1.82, 2.24) is 0 Å². The highest BCUT2D eigenvalue weighted by atomic mass is 32.1. The Morgan fingerprint density at radius 3 is 2.57 bits per heavy atom. The Labute approximate surface area is 125 Å². The molecule has 1 aromatic heterocycles. The molecule has 0 aliphatic carbocycles. The van der Waals surface area contributed by atoms with Crippen LogP contribution in [-0.2, 0) is 6.42 Å². The third-order valence-electron chi connectivity index (χ3n) is 3.02. The number of anilines is 1. The molecule has 21 heavy (non-hydrogen) atoms. The Bertz CT molecular complexity index is 709. The normalized spacial score (nSPS) is 10.4. The maximum Gasteiger partial charge on any atom is 0.338 e. The summed E-state index contributed by atoms with van der Waals surface area (Å²) in [5.74, 6) is -1.95. The van der Waals surface area contributed by atoms with Gasteiger partial charge in [0.15, 0.2) is 0 Å². The highest BCUT2D eigenvalue weighted by Crippen LogP contribution is 2.29. The minimum absolute atomic E-state index is 0.0740. The SMILES string of the molecule is CCc1cc(C(=O)O)c(NC(=O)c2ccc(F)cc2C)s1. The van der Waals surface area contributed by atoms with Crippen molar-refractivity contribution in [2.45, 2.75) is 20.3 Å². The molecule has 110 valence electrons. The largest absolute Gasteiger partial charge is 0.478 e. The molecule has 0 unspecified atom stereocenters. The van der Waals surface area contributed by atoms with Crippen LogP contribution in [0.2, 0.25) is 0 Å². The number of carbonyl (C=O) groups excluding carboxylic acids is 1. The quantitative estimate of drug-likeness (QED) is 0.905. The number of thiophene rings is 1. The van der Waals surface area contributed by atoms with Crippen LogP contribution in [0.25, 0.3) is 0 Å². The van der Waals surface area contributed by atoms with Crippen LogP contribution < -0.4 is 5.32 Å². The van der Waals surface area contributed by atoms with Crippen molar-refractivity contribution < 1.29 is 19.1 Å². The van der Waals surface area contributed by atoms with Gasteiger partial charge in [-0.2, -0.15) is 0 Å². The number of halogens is 1. The Balaban J connectivity index is 2.31. The number of aromatic carboxylic acids is 1. The topological polar surface area (TPSA) is 66.4 Å². The molecule has 0 fully saturated rings. The van der Waals surface area contributed by atoms with Crippen molar-refractivity contribution >= 4 is 28.2 Å². The molecule has 2 N–H and O–H groups in total. The lowest BCUT2D eigenvalue weighted by Crippen LogP contribution is -2.14. The van der Waals surface area contributed by atoms with Crippen LogP contribution in [-0.4, -0.2) is 17.0 Å². The summed E-state index contributed by atoms with van der Waals surface area (Å²) in [5.41, 5.74) is 0.890. The molecule has 1 aromatic carbocycles. The van der Waals surface area contributed by atoms with Crippen LogP contribution in [0.4, 0.5) is 9.39 Å². The number of hydrogen-bond acceptors (Lipinski definition) is 3. The highest BCUT2D eigenvalue weighted by Gasteiger charge is 2.18. The minimum Gasteiger partial charge on any atom is -0.478 e. The number of nitrogens with one attached hydrogen (secondary N) is 1. The average Bonchev–Trinajstić information content (AvgIpc) is 2.81. The molecule has 0 aliphatic rings. The van der Waals surface area contributed by atoms with Crippen LogP contribution in [0.5, 0.6) is 0 Å². The fourth-order valence-corrected chi connectivity index (χ4v) is 2.90. The number of carboxylic acid groups (broad SMARTS) is 1. The van der Waals surface area contributed by atoms with Gasteiger partial charge >= 0.3 is 5.97 Å². The van der Waals surface area contributed by atoms with E-state index in [1.54, 1.807) is 13.0 Å². The number of rotatable bonds is 4. The minimum atomic E-state index is -1.09. The highest BCUT2D eigenvalue weighted by molar-refractivity contribution is 7.16. The fourth-order valence-electron chi connectivity index (χ4n) is 1.92. The van der Waals surface area contributed by atoms with Gasteiger partial charge in [-0.05, 0) is 43.2 Å². The Morgan fingerprint density at radius 1 is 1.29 bits per heavy atom. The second-order valence-corrected chi connectivity index (χ2v) is 5.66. The van der Waals surface area contributed by atoms with E-state index in [1.807, 2.05) is 6.92 Å². The predicted molar refractivity (Wildman–Crippen MR) is 79.7 cm³/mol. The second kappa shape index (κ2) is 6.05.